The summed E-state index contributed by atoms with van der Waals surface area (Å²) in [4.78, 5) is 57.7. The molecular formula is C64H88O12. The van der Waals surface area contributed by atoms with Crippen molar-refractivity contribution in [3.8, 4) is 23.0 Å². The van der Waals surface area contributed by atoms with E-state index in [0.29, 0.717) is 141 Å². The molecule has 12 nitrogen and oxygen atoms in total. The summed E-state index contributed by atoms with van der Waals surface area (Å²) in [6, 6.07) is 15.1. The highest BCUT2D eigenvalue weighted by Crippen LogP contribution is 2.42. The van der Waals surface area contributed by atoms with Gasteiger partial charge in [0, 0.05) is 126 Å². The summed E-state index contributed by atoms with van der Waals surface area (Å²) in [6.07, 6.45) is 13.6. The number of rotatable bonds is 36. The topological polar surface area (TPSA) is 186 Å². The van der Waals surface area contributed by atoms with Gasteiger partial charge >= 0.3 is 0 Å². The van der Waals surface area contributed by atoms with Gasteiger partial charge in [0.15, 0.2) is 23.1 Å². The highest BCUT2D eigenvalue weighted by molar-refractivity contribution is 5.99. The highest BCUT2D eigenvalue weighted by atomic mass is 16.5. The standard InChI is InChI=1S/C64H88O12/c1-5-9-13-21-57(69)45-33-49-41-51-35-46(58(70)22-14-10-6-2)37-53(62(51)74-30-18-26-66)43-55-39-48(60(72)24-16-12-8-4)40-56(64(55)76-32-20-28-68)44-54-38-47(59(71)23-15-11-7-3)36-52(63(54)75-31-19-27-67)42-50(34-45)61(49)73-29-17-25-65/h33-40,65-68H,5-32,41-44H2,1-4H3. The molecule has 0 amide bonds. The molecule has 1 aliphatic carbocycles. The largest absolute Gasteiger partial charge is 0.493 e. The van der Waals surface area contributed by atoms with Crippen LogP contribution in [0.25, 0.3) is 0 Å². The average Bonchev–Trinajstić information content (AvgIpc) is 3.42. The number of carbonyl (C=O) groups excluding carboxylic acids is 4. The minimum Gasteiger partial charge on any atom is -0.493 e. The van der Waals surface area contributed by atoms with Crippen molar-refractivity contribution in [2.75, 3.05) is 52.9 Å². The normalized spacial score (nSPS) is 12.1. The molecule has 5 rings (SSSR count). The SMILES string of the molecule is CCCCCC(=O)c1cc2c(OCCCO)c(c1)Cc1cc(C(=O)CCCCC)cc(c1OCCCO)Cc1cc(C(=O)CCCCC)cc(c1OCCCO)Cc1cc(C(=O)CCCCC)cc(c1OCCCO)C2. The van der Waals surface area contributed by atoms with E-state index in [1.54, 1.807) is 0 Å². The Morgan fingerprint density at radius 1 is 0.316 bits per heavy atom. The molecule has 0 radical (unpaired) electrons. The van der Waals surface area contributed by atoms with E-state index >= 15 is 0 Å². The van der Waals surface area contributed by atoms with E-state index in [9.17, 15) is 39.6 Å². The summed E-state index contributed by atoms with van der Waals surface area (Å²) < 4.78 is 27.0. The van der Waals surface area contributed by atoms with Gasteiger partial charge in [-0.2, -0.15) is 0 Å². The van der Waals surface area contributed by atoms with E-state index < -0.39 is 0 Å². The van der Waals surface area contributed by atoms with E-state index in [2.05, 4.69) is 27.7 Å². The molecule has 8 bridgehead atoms. The second-order valence-corrected chi connectivity index (χ2v) is 20.4. The molecule has 4 N–H and O–H groups in total. The van der Waals surface area contributed by atoms with Gasteiger partial charge in [0.1, 0.15) is 23.0 Å². The van der Waals surface area contributed by atoms with Gasteiger partial charge < -0.3 is 39.4 Å². The van der Waals surface area contributed by atoms with Crippen molar-refractivity contribution >= 4 is 23.1 Å². The number of hydrogen-bond acceptors (Lipinski definition) is 12. The van der Waals surface area contributed by atoms with Crippen molar-refractivity contribution in [3.05, 3.63) is 115 Å². The summed E-state index contributed by atoms with van der Waals surface area (Å²) >= 11 is 0. The molecule has 0 aromatic heterocycles. The van der Waals surface area contributed by atoms with Gasteiger partial charge in [0.05, 0.1) is 26.4 Å². The molecule has 0 saturated heterocycles. The van der Waals surface area contributed by atoms with Crippen LogP contribution in [0.1, 0.15) is 242 Å². The Morgan fingerprint density at radius 3 is 0.658 bits per heavy atom. The molecule has 0 unspecified atom stereocenters. The van der Waals surface area contributed by atoms with Gasteiger partial charge in [0.25, 0.3) is 0 Å². The summed E-state index contributed by atoms with van der Waals surface area (Å²) in [7, 11) is 0. The van der Waals surface area contributed by atoms with Crippen molar-refractivity contribution in [3.63, 3.8) is 0 Å². The fourth-order valence-electron chi connectivity index (χ4n) is 9.95. The number of aliphatic hydroxyl groups is 4. The lowest BCUT2D eigenvalue weighted by molar-refractivity contribution is 0.0971. The molecule has 12 heteroatoms. The van der Waals surface area contributed by atoms with Gasteiger partial charge in [-0.05, 0) is 119 Å². The van der Waals surface area contributed by atoms with Crippen LogP contribution in [0.4, 0.5) is 0 Å². The number of Topliss-reactive ketones (excluding diaryl/α,β-unsaturated/α-hetero) is 4. The third-order valence-corrected chi connectivity index (χ3v) is 14.0. The van der Waals surface area contributed by atoms with E-state index in [1.807, 2.05) is 48.5 Å². The monoisotopic (exact) mass is 1050 g/mol. The molecule has 416 valence electrons. The number of ketones is 4. The molecule has 4 aromatic rings. The molecule has 0 aliphatic heterocycles. The third-order valence-electron chi connectivity index (χ3n) is 14.0. The molecule has 1 aliphatic rings. The van der Waals surface area contributed by atoms with Crippen molar-refractivity contribution in [1.29, 1.82) is 0 Å². The van der Waals surface area contributed by atoms with Gasteiger partial charge in [0.2, 0.25) is 0 Å². The highest BCUT2D eigenvalue weighted by Gasteiger charge is 2.27. The first-order valence-electron chi connectivity index (χ1n) is 28.7. The molecule has 0 saturated carbocycles. The first-order valence-corrected chi connectivity index (χ1v) is 28.7. The number of aliphatic hydroxyl groups excluding tert-OH is 4. The zero-order valence-electron chi connectivity index (χ0n) is 46.3. The van der Waals surface area contributed by atoms with Crippen LogP contribution in [0.15, 0.2) is 48.5 Å². The predicted octanol–water partition coefficient (Wildman–Crippen LogP) is 12.5. The van der Waals surface area contributed by atoms with E-state index in [1.165, 1.54) is 0 Å². The van der Waals surface area contributed by atoms with Gasteiger partial charge in [-0.25, -0.2) is 0 Å². The van der Waals surface area contributed by atoms with Crippen LogP contribution in [0.5, 0.6) is 23.0 Å². The first-order chi connectivity index (χ1) is 37.0. The summed E-state index contributed by atoms with van der Waals surface area (Å²) in [6.45, 7) is 8.60. The molecule has 4 aromatic carbocycles. The number of ether oxygens (including phenoxy) is 4. The van der Waals surface area contributed by atoms with Crippen molar-refractivity contribution in [1.82, 2.24) is 0 Å². The van der Waals surface area contributed by atoms with Gasteiger partial charge in [-0.15, -0.1) is 0 Å². The first kappa shape index (κ1) is 61.5. The second-order valence-electron chi connectivity index (χ2n) is 20.4. The van der Waals surface area contributed by atoms with Crippen LogP contribution in [-0.4, -0.2) is 96.4 Å². The summed E-state index contributed by atoms with van der Waals surface area (Å²) in [5.41, 5.74) is 7.32. The van der Waals surface area contributed by atoms with Crippen molar-refractivity contribution in [2.24, 2.45) is 0 Å². The summed E-state index contributed by atoms with van der Waals surface area (Å²) in [5.74, 6) is 1.91. The smallest absolute Gasteiger partial charge is 0.162 e. The Hall–Kier alpha value is -5.40. The predicted molar refractivity (Wildman–Crippen MR) is 300 cm³/mol. The van der Waals surface area contributed by atoms with Gasteiger partial charge in [-0.1, -0.05) is 79.1 Å². The van der Waals surface area contributed by atoms with E-state index in [-0.39, 0.29) is 102 Å². The van der Waals surface area contributed by atoms with E-state index in [0.717, 1.165) is 77.0 Å². The van der Waals surface area contributed by atoms with Crippen molar-refractivity contribution < 1.29 is 58.6 Å². The minimum atomic E-state index is -0.112. The van der Waals surface area contributed by atoms with Crippen LogP contribution in [0.2, 0.25) is 0 Å². The maximum Gasteiger partial charge on any atom is 0.162 e. The molecule has 0 atom stereocenters. The fourth-order valence-corrected chi connectivity index (χ4v) is 9.95. The minimum absolute atomic E-state index is 0.0283. The van der Waals surface area contributed by atoms with Crippen LogP contribution < -0.4 is 18.9 Å². The third kappa shape index (κ3) is 18.4. The molecule has 0 fully saturated rings. The maximum atomic E-state index is 14.4. The zero-order valence-corrected chi connectivity index (χ0v) is 46.3. The number of hydrogen-bond donors (Lipinski definition) is 4. The molecule has 0 heterocycles. The Morgan fingerprint density at radius 2 is 0.500 bits per heavy atom. The van der Waals surface area contributed by atoms with Gasteiger partial charge in [-0.3, -0.25) is 19.2 Å². The van der Waals surface area contributed by atoms with Crippen LogP contribution in [0.3, 0.4) is 0 Å². The Kier molecular flexibility index (Phi) is 27.2. The zero-order chi connectivity index (χ0) is 54.7. The Labute approximate surface area is 452 Å². The van der Waals surface area contributed by atoms with Crippen molar-refractivity contribution in [2.45, 2.75) is 182 Å². The Balaban J connectivity index is 1.99. The lowest BCUT2D eigenvalue weighted by atomic mass is 9.86. The number of fused-ring (bicyclic) bond motifs is 8. The van der Waals surface area contributed by atoms with Crippen LogP contribution in [0, 0.1) is 0 Å². The number of benzene rings is 4. The fraction of sp³-hybridized carbons (Fsp3) is 0.562. The number of unbranched alkanes of at least 4 members (excludes halogenated alkanes) is 8. The quantitative estimate of drug-likeness (QED) is 0.0220. The summed E-state index contributed by atoms with van der Waals surface area (Å²) in [5, 5.41) is 40.2. The lowest BCUT2D eigenvalue weighted by Gasteiger charge is -2.25. The number of carbonyl (C=O) groups is 4. The van der Waals surface area contributed by atoms with E-state index in [4.69, 9.17) is 18.9 Å². The lowest BCUT2D eigenvalue weighted by Crippen LogP contribution is -2.14. The molecule has 76 heavy (non-hydrogen) atoms. The molecular weight excluding hydrogens is 961 g/mol. The van der Waals surface area contributed by atoms with Crippen LogP contribution in [-0.2, 0) is 25.7 Å². The average molecular weight is 1050 g/mol. The maximum absolute atomic E-state index is 14.4. The van der Waals surface area contributed by atoms with Crippen LogP contribution >= 0.6 is 0 Å². The Bertz CT molecular complexity index is 2060. The molecule has 0 spiro atoms. The second kappa shape index (κ2) is 33.7.